The highest BCUT2D eigenvalue weighted by molar-refractivity contribution is 5.80. The predicted octanol–water partition coefficient (Wildman–Crippen LogP) is -0.293. The van der Waals surface area contributed by atoms with Gasteiger partial charge in [-0.15, -0.1) is 0 Å². The quantitative estimate of drug-likeness (QED) is 0.345. The molecule has 4 fully saturated rings. The van der Waals surface area contributed by atoms with Crippen LogP contribution >= 0.6 is 0 Å². The summed E-state index contributed by atoms with van der Waals surface area (Å²) in [6.45, 7) is 2.27. The van der Waals surface area contributed by atoms with Gasteiger partial charge in [0.25, 0.3) is 0 Å². The molecule has 4 aliphatic rings. The Morgan fingerprint density at radius 1 is 1.18 bits per heavy atom. The average Bonchev–Trinajstić information content (AvgIpc) is 3.34. The minimum absolute atomic E-state index is 0.0198. The van der Waals surface area contributed by atoms with Gasteiger partial charge in [-0.1, -0.05) is 0 Å². The molecular formula is C15H20O7. The van der Waals surface area contributed by atoms with E-state index in [0.29, 0.717) is 32.7 Å². The van der Waals surface area contributed by atoms with Crippen molar-refractivity contribution in [2.24, 2.45) is 11.3 Å². The third kappa shape index (κ3) is 3.03. The Balaban J connectivity index is 1.41. The first-order chi connectivity index (χ1) is 10.7. The zero-order chi connectivity index (χ0) is 15.2. The van der Waals surface area contributed by atoms with Gasteiger partial charge in [0, 0.05) is 0 Å². The standard InChI is InChI=1S/C15H20O7/c16-7-15(8-18-3-9-4-19-9)2-13-12(22-13)1-11(15)14(17)21-6-10-5-20-10/h7,9-13H,1-6,8H2. The average molecular weight is 312 g/mol. The molecule has 6 unspecified atom stereocenters. The maximum absolute atomic E-state index is 12.4. The van der Waals surface area contributed by atoms with Crippen LogP contribution in [0.3, 0.4) is 0 Å². The van der Waals surface area contributed by atoms with Crippen molar-refractivity contribution in [3.63, 3.8) is 0 Å². The van der Waals surface area contributed by atoms with Crippen molar-refractivity contribution in [2.75, 3.05) is 33.0 Å². The van der Waals surface area contributed by atoms with E-state index in [1.165, 1.54) is 0 Å². The summed E-state index contributed by atoms with van der Waals surface area (Å²) in [6.07, 6.45) is 2.21. The molecule has 1 saturated carbocycles. The van der Waals surface area contributed by atoms with Crippen LogP contribution in [0, 0.1) is 11.3 Å². The molecule has 1 aliphatic carbocycles. The number of epoxide rings is 3. The highest BCUT2D eigenvalue weighted by Gasteiger charge is 2.59. The largest absolute Gasteiger partial charge is 0.463 e. The smallest absolute Gasteiger partial charge is 0.310 e. The molecule has 22 heavy (non-hydrogen) atoms. The monoisotopic (exact) mass is 312 g/mol. The molecule has 6 atom stereocenters. The summed E-state index contributed by atoms with van der Waals surface area (Å²) in [7, 11) is 0. The van der Waals surface area contributed by atoms with Gasteiger partial charge >= 0.3 is 5.97 Å². The summed E-state index contributed by atoms with van der Waals surface area (Å²) in [5.74, 6) is -0.851. The third-order valence-corrected chi connectivity index (χ3v) is 4.84. The summed E-state index contributed by atoms with van der Waals surface area (Å²) in [5.41, 5.74) is -0.853. The Hall–Kier alpha value is -1.02. The molecule has 0 radical (unpaired) electrons. The first-order valence-electron chi connectivity index (χ1n) is 7.79. The predicted molar refractivity (Wildman–Crippen MR) is 71.1 cm³/mol. The van der Waals surface area contributed by atoms with Crippen LogP contribution in [0.1, 0.15) is 12.8 Å². The lowest BCUT2D eigenvalue weighted by atomic mass is 9.67. The molecule has 7 heteroatoms. The van der Waals surface area contributed by atoms with Crippen molar-refractivity contribution >= 4 is 12.3 Å². The number of carbonyl (C=O) groups excluding carboxylic acids is 2. The van der Waals surface area contributed by atoms with E-state index in [-0.39, 0.29) is 43.6 Å². The van der Waals surface area contributed by atoms with E-state index >= 15 is 0 Å². The van der Waals surface area contributed by atoms with E-state index in [4.69, 9.17) is 23.7 Å². The molecule has 3 heterocycles. The molecule has 0 bridgehead atoms. The molecule has 0 spiro atoms. The zero-order valence-corrected chi connectivity index (χ0v) is 12.3. The molecular weight excluding hydrogens is 292 g/mol. The van der Waals surface area contributed by atoms with Crippen LogP contribution in [0.2, 0.25) is 0 Å². The van der Waals surface area contributed by atoms with Gasteiger partial charge in [0.2, 0.25) is 0 Å². The first kappa shape index (κ1) is 14.6. The molecule has 7 nitrogen and oxygen atoms in total. The van der Waals surface area contributed by atoms with E-state index in [0.717, 1.165) is 6.29 Å². The summed E-state index contributed by atoms with van der Waals surface area (Å²) in [6, 6.07) is 0. The van der Waals surface area contributed by atoms with E-state index in [1.807, 2.05) is 0 Å². The second-order valence-electron chi connectivity index (χ2n) is 6.61. The van der Waals surface area contributed by atoms with E-state index in [9.17, 15) is 9.59 Å². The fourth-order valence-electron chi connectivity index (χ4n) is 3.19. The van der Waals surface area contributed by atoms with E-state index in [2.05, 4.69) is 0 Å². The molecule has 0 aromatic rings. The number of hydrogen-bond donors (Lipinski definition) is 0. The SMILES string of the molecule is O=CC1(COCC2CO2)CC2OC2CC1C(=O)OCC1CO1. The minimum Gasteiger partial charge on any atom is -0.463 e. The van der Waals surface area contributed by atoms with Crippen molar-refractivity contribution in [3.05, 3.63) is 0 Å². The lowest BCUT2D eigenvalue weighted by molar-refractivity contribution is -0.160. The van der Waals surface area contributed by atoms with Crippen molar-refractivity contribution < 1.29 is 33.3 Å². The topological polar surface area (TPSA) is 90.2 Å². The van der Waals surface area contributed by atoms with Gasteiger partial charge in [-0.25, -0.2) is 0 Å². The number of ether oxygens (including phenoxy) is 5. The Bertz CT molecular complexity index is 459. The number of rotatable bonds is 8. The van der Waals surface area contributed by atoms with Crippen molar-refractivity contribution in [1.82, 2.24) is 0 Å². The third-order valence-electron chi connectivity index (χ3n) is 4.84. The molecule has 4 rings (SSSR count). The molecule has 3 aliphatic heterocycles. The van der Waals surface area contributed by atoms with Crippen LogP contribution in [0.25, 0.3) is 0 Å². The van der Waals surface area contributed by atoms with Gasteiger partial charge in [0.05, 0.1) is 50.0 Å². The molecule has 0 aromatic carbocycles. The minimum atomic E-state index is -0.853. The van der Waals surface area contributed by atoms with Crippen molar-refractivity contribution in [3.8, 4) is 0 Å². The van der Waals surface area contributed by atoms with Crippen LogP contribution in [0.15, 0.2) is 0 Å². The van der Waals surface area contributed by atoms with Crippen LogP contribution in [0.5, 0.6) is 0 Å². The van der Waals surface area contributed by atoms with Gasteiger partial charge in [-0.05, 0) is 12.8 Å². The summed E-state index contributed by atoms with van der Waals surface area (Å²) >= 11 is 0. The van der Waals surface area contributed by atoms with Crippen LogP contribution in [-0.4, -0.2) is 69.7 Å². The van der Waals surface area contributed by atoms with Gasteiger partial charge in [-0.2, -0.15) is 0 Å². The van der Waals surface area contributed by atoms with E-state index < -0.39 is 11.3 Å². The Labute approximate surface area is 128 Å². The zero-order valence-electron chi connectivity index (χ0n) is 12.3. The number of aldehydes is 1. The first-order valence-corrected chi connectivity index (χ1v) is 7.79. The Morgan fingerprint density at radius 2 is 1.91 bits per heavy atom. The number of carbonyl (C=O) groups is 2. The lowest BCUT2D eigenvalue weighted by Crippen LogP contribution is -2.47. The summed E-state index contributed by atoms with van der Waals surface area (Å²) < 4.78 is 26.6. The number of hydrogen-bond acceptors (Lipinski definition) is 7. The van der Waals surface area contributed by atoms with Crippen LogP contribution in [-0.2, 0) is 33.3 Å². The fourth-order valence-corrected chi connectivity index (χ4v) is 3.19. The fraction of sp³-hybridized carbons (Fsp3) is 0.867. The highest BCUT2D eigenvalue weighted by Crippen LogP contribution is 2.49. The van der Waals surface area contributed by atoms with Gasteiger partial charge in [0.1, 0.15) is 25.1 Å². The van der Waals surface area contributed by atoms with E-state index in [1.54, 1.807) is 0 Å². The van der Waals surface area contributed by atoms with Gasteiger partial charge in [0.15, 0.2) is 0 Å². The normalized spacial score (nSPS) is 44.8. The maximum Gasteiger partial charge on any atom is 0.310 e. The van der Waals surface area contributed by atoms with Crippen molar-refractivity contribution in [2.45, 2.75) is 37.3 Å². The molecule has 0 amide bonds. The molecule has 122 valence electrons. The molecule has 3 saturated heterocycles. The maximum atomic E-state index is 12.4. The Kier molecular flexibility index (Phi) is 3.68. The van der Waals surface area contributed by atoms with Gasteiger partial charge < -0.3 is 28.5 Å². The Morgan fingerprint density at radius 3 is 2.59 bits per heavy atom. The van der Waals surface area contributed by atoms with Crippen LogP contribution < -0.4 is 0 Å². The molecule has 0 aromatic heterocycles. The lowest BCUT2D eigenvalue weighted by Gasteiger charge is -2.36. The highest BCUT2D eigenvalue weighted by atomic mass is 16.6. The summed E-state index contributed by atoms with van der Waals surface area (Å²) in [4.78, 5) is 24.2. The van der Waals surface area contributed by atoms with Crippen LogP contribution in [0.4, 0.5) is 0 Å². The number of esters is 1. The van der Waals surface area contributed by atoms with Gasteiger partial charge in [-0.3, -0.25) is 4.79 Å². The van der Waals surface area contributed by atoms with Crippen molar-refractivity contribution in [1.29, 1.82) is 0 Å². The summed E-state index contributed by atoms with van der Waals surface area (Å²) in [5, 5.41) is 0. The second-order valence-corrected chi connectivity index (χ2v) is 6.61. The number of fused-ring (bicyclic) bond motifs is 1. The second kappa shape index (κ2) is 5.56. The molecule has 0 N–H and O–H groups in total.